The average molecular weight is 402 g/mol. The minimum absolute atomic E-state index is 0.177. The Morgan fingerprint density at radius 3 is 2.37 bits per heavy atom. The highest BCUT2D eigenvalue weighted by Gasteiger charge is 2.13. The molecule has 0 atom stereocenters. The topological polar surface area (TPSA) is 67.4 Å². The standard InChI is InChI=1S/C25H26N2O3/c1-18-16-20(12-13-23(18)30-2)17-24(28)27-22-11-7-6-10-21(22)25(29)26-15-14-19-8-4-3-5-9-19/h3-13,16H,14-15,17H2,1-2H3,(H,26,29)(H,27,28). The van der Waals surface area contributed by atoms with Crippen molar-refractivity contribution >= 4 is 17.5 Å². The number of anilines is 1. The minimum Gasteiger partial charge on any atom is -0.496 e. The van der Waals surface area contributed by atoms with Gasteiger partial charge in [0, 0.05) is 6.54 Å². The van der Waals surface area contributed by atoms with Gasteiger partial charge in [0.05, 0.1) is 24.8 Å². The fourth-order valence-corrected chi connectivity index (χ4v) is 3.28. The number of rotatable bonds is 8. The van der Waals surface area contributed by atoms with Crippen LogP contribution in [0.1, 0.15) is 27.0 Å². The van der Waals surface area contributed by atoms with E-state index in [0.29, 0.717) is 17.8 Å². The van der Waals surface area contributed by atoms with Crippen LogP contribution in [0.5, 0.6) is 5.75 Å². The lowest BCUT2D eigenvalue weighted by atomic mass is 10.1. The van der Waals surface area contributed by atoms with E-state index in [2.05, 4.69) is 10.6 Å². The van der Waals surface area contributed by atoms with Crippen LogP contribution >= 0.6 is 0 Å². The van der Waals surface area contributed by atoms with Gasteiger partial charge in [-0.25, -0.2) is 0 Å². The first-order valence-corrected chi connectivity index (χ1v) is 9.91. The normalized spacial score (nSPS) is 10.3. The van der Waals surface area contributed by atoms with E-state index in [9.17, 15) is 9.59 Å². The molecule has 0 bridgehead atoms. The molecule has 0 radical (unpaired) electrons. The zero-order valence-electron chi connectivity index (χ0n) is 17.3. The highest BCUT2D eigenvalue weighted by Crippen LogP contribution is 2.20. The molecule has 3 rings (SSSR count). The lowest BCUT2D eigenvalue weighted by Gasteiger charge is -2.12. The number of hydrogen-bond acceptors (Lipinski definition) is 3. The lowest BCUT2D eigenvalue weighted by molar-refractivity contribution is -0.115. The second-order valence-electron chi connectivity index (χ2n) is 7.07. The van der Waals surface area contributed by atoms with Crippen molar-refractivity contribution in [1.82, 2.24) is 5.32 Å². The molecule has 30 heavy (non-hydrogen) atoms. The Hall–Kier alpha value is -3.60. The summed E-state index contributed by atoms with van der Waals surface area (Å²) >= 11 is 0. The Bertz CT molecular complexity index is 1020. The monoisotopic (exact) mass is 402 g/mol. The first kappa shape index (κ1) is 21.1. The van der Waals surface area contributed by atoms with Gasteiger partial charge in [0.1, 0.15) is 5.75 Å². The maximum Gasteiger partial charge on any atom is 0.253 e. The van der Waals surface area contributed by atoms with Crippen LogP contribution in [0.25, 0.3) is 0 Å². The number of methoxy groups -OCH3 is 1. The van der Waals surface area contributed by atoms with E-state index in [0.717, 1.165) is 28.9 Å². The molecule has 2 amide bonds. The maximum atomic E-state index is 12.6. The van der Waals surface area contributed by atoms with E-state index < -0.39 is 0 Å². The van der Waals surface area contributed by atoms with Crippen LogP contribution in [0.15, 0.2) is 72.8 Å². The van der Waals surface area contributed by atoms with Crippen LogP contribution in [0, 0.1) is 6.92 Å². The van der Waals surface area contributed by atoms with Crippen LogP contribution in [0.4, 0.5) is 5.69 Å². The van der Waals surface area contributed by atoms with Gasteiger partial charge in [-0.05, 0) is 48.2 Å². The molecule has 0 heterocycles. The van der Waals surface area contributed by atoms with Crippen LogP contribution in [0.3, 0.4) is 0 Å². The molecule has 0 unspecified atom stereocenters. The molecule has 0 aromatic heterocycles. The Labute approximate surface area is 177 Å². The zero-order chi connectivity index (χ0) is 21.3. The van der Waals surface area contributed by atoms with Crippen molar-refractivity contribution in [1.29, 1.82) is 0 Å². The highest BCUT2D eigenvalue weighted by atomic mass is 16.5. The molecule has 154 valence electrons. The first-order valence-electron chi connectivity index (χ1n) is 9.91. The van der Waals surface area contributed by atoms with Crippen molar-refractivity contribution < 1.29 is 14.3 Å². The van der Waals surface area contributed by atoms with Crippen molar-refractivity contribution in [2.75, 3.05) is 19.0 Å². The van der Waals surface area contributed by atoms with E-state index in [-0.39, 0.29) is 18.2 Å². The van der Waals surface area contributed by atoms with Gasteiger partial charge in [-0.1, -0.05) is 54.6 Å². The minimum atomic E-state index is -0.206. The fourth-order valence-electron chi connectivity index (χ4n) is 3.28. The van der Waals surface area contributed by atoms with Crippen molar-refractivity contribution in [2.24, 2.45) is 0 Å². The second-order valence-corrected chi connectivity index (χ2v) is 7.07. The van der Waals surface area contributed by atoms with Crippen LogP contribution < -0.4 is 15.4 Å². The molecule has 0 aliphatic carbocycles. The highest BCUT2D eigenvalue weighted by molar-refractivity contribution is 6.04. The molecule has 0 saturated heterocycles. The van der Waals surface area contributed by atoms with E-state index in [1.165, 1.54) is 0 Å². The SMILES string of the molecule is COc1ccc(CC(=O)Nc2ccccc2C(=O)NCCc2ccccc2)cc1C. The van der Waals surface area contributed by atoms with Gasteiger partial charge in [-0.2, -0.15) is 0 Å². The summed E-state index contributed by atoms with van der Waals surface area (Å²) in [5.41, 5.74) is 3.97. The molecule has 5 nitrogen and oxygen atoms in total. The van der Waals surface area contributed by atoms with Gasteiger partial charge in [-0.3, -0.25) is 9.59 Å². The largest absolute Gasteiger partial charge is 0.496 e. The van der Waals surface area contributed by atoms with Gasteiger partial charge in [0.25, 0.3) is 5.91 Å². The Morgan fingerprint density at radius 1 is 0.900 bits per heavy atom. The molecule has 0 saturated carbocycles. The van der Waals surface area contributed by atoms with E-state index in [4.69, 9.17) is 4.74 Å². The predicted octanol–water partition coefficient (Wildman–Crippen LogP) is 4.16. The molecular formula is C25H26N2O3. The molecule has 0 aliphatic rings. The molecule has 0 aliphatic heterocycles. The van der Waals surface area contributed by atoms with E-state index >= 15 is 0 Å². The molecular weight excluding hydrogens is 376 g/mol. The van der Waals surface area contributed by atoms with Crippen molar-refractivity contribution in [2.45, 2.75) is 19.8 Å². The fraction of sp³-hybridized carbons (Fsp3) is 0.200. The number of amides is 2. The number of nitrogens with one attached hydrogen (secondary N) is 2. The Balaban J connectivity index is 1.60. The third kappa shape index (κ3) is 5.70. The van der Waals surface area contributed by atoms with Gasteiger partial charge in [-0.15, -0.1) is 0 Å². The average Bonchev–Trinajstić information content (AvgIpc) is 2.75. The number of para-hydroxylation sites is 1. The third-order valence-corrected chi connectivity index (χ3v) is 4.81. The molecule has 0 fully saturated rings. The zero-order valence-corrected chi connectivity index (χ0v) is 17.3. The molecule has 2 N–H and O–H groups in total. The summed E-state index contributed by atoms with van der Waals surface area (Å²) in [5, 5.41) is 5.79. The summed E-state index contributed by atoms with van der Waals surface area (Å²) < 4.78 is 5.26. The molecule has 3 aromatic rings. The summed E-state index contributed by atoms with van der Waals surface area (Å²) in [6.45, 7) is 2.46. The quantitative estimate of drug-likeness (QED) is 0.595. The maximum absolute atomic E-state index is 12.6. The molecule has 5 heteroatoms. The Kier molecular flexibility index (Phi) is 7.22. The number of carbonyl (C=O) groups is 2. The number of carbonyl (C=O) groups excluding carboxylic acids is 2. The predicted molar refractivity (Wildman–Crippen MR) is 119 cm³/mol. The number of benzene rings is 3. The summed E-state index contributed by atoms with van der Waals surface area (Å²) in [6, 6.07) is 22.7. The Morgan fingerprint density at radius 2 is 1.63 bits per heavy atom. The first-order chi connectivity index (χ1) is 14.6. The summed E-state index contributed by atoms with van der Waals surface area (Å²) in [5.74, 6) is 0.405. The summed E-state index contributed by atoms with van der Waals surface area (Å²) in [4.78, 5) is 25.2. The van der Waals surface area contributed by atoms with Crippen LogP contribution in [-0.2, 0) is 17.6 Å². The second kappa shape index (κ2) is 10.3. The number of hydrogen-bond donors (Lipinski definition) is 2. The van der Waals surface area contributed by atoms with E-state index in [1.807, 2.05) is 55.5 Å². The lowest BCUT2D eigenvalue weighted by Crippen LogP contribution is -2.27. The van der Waals surface area contributed by atoms with Crippen LogP contribution in [0.2, 0.25) is 0 Å². The van der Waals surface area contributed by atoms with Gasteiger partial charge in [0.15, 0.2) is 0 Å². The van der Waals surface area contributed by atoms with Gasteiger partial charge < -0.3 is 15.4 Å². The van der Waals surface area contributed by atoms with Crippen molar-refractivity contribution in [3.63, 3.8) is 0 Å². The summed E-state index contributed by atoms with van der Waals surface area (Å²) in [6.07, 6.45) is 0.965. The van der Waals surface area contributed by atoms with Gasteiger partial charge in [0.2, 0.25) is 5.91 Å². The van der Waals surface area contributed by atoms with Crippen molar-refractivity contribution in [3.8, 4) is 5.75 Å². The van der Waals surface area contributed by atoms with Gasteiger partial charge >= 0.3 is 0 Å². The molecule has 3 aromatic carbocycles. The smallest absolute Gasteiger partial charge is 0.253 e. The molecule has 0 spiro atoms. The van der Waals surface area contributed by atoms with Crippen molar-refractivity contribution in [3.05, 3.63) is 95.1 Å². The number of ether oxygens (including phenoxy) is 1. The van der Waals surface area contributed by atoms with Crippen LogP contribution in [-0.4, -0.2) is 25.5 Å². The third-order valence-electron chi connectivity index (χ3n) is 4.81. The van der Waals surface area contributed by atoms with E-state index in [1.54, 1.807) is 31.4 Å². The number of aryl methyl sites for hydroxylation is 1. The summed E-state index contributed by atoms with van der Waals surface area (Å²) in [7, 11) is 1.62.